The first-order chi connectivity index (χ1) is 20.4. The van der Waals surface area contributed by atoms with Gasteiger partial charge in [-0.3, -0.25) is 9.36 Å². The molecule has 42 heavy (non-hydrogen) atoms. The monoisotopic (exact) mass is 565 g/mol. The predicted octanol–water partition coefficient (Wildman–Crippen LogP) is 4.02. The molecule has 214 valence electrons. The number of nitrogens with zero attached hydrogens (tertiary/aromatic N) is 5. The van der Waals surface area contributed by atoms with Crippen LogP contribution in [0.2, 0.25) is 0 Å². The molecule has 2 aromatic heterocycles. The lowest BCUT2D eigenvalue weighted by molar-refractivity contribution is -0.111. The molecule has 0 atom stereocenters. The van der Waals surface area contributed by atoms with E-state index in [0.29, 0.717) is 52.9 Å². The fourth-order valence-electron chi connectivity index (χ4n) is 4.39. The third kappa shape index (κ3) is 6.38. The maximum atomic E-state index is 13.9. The number of anilines is 2. The van der Waals surface area contributed by atoms with Crippen molar-refractivity contribution in [3.05, 3.63) is 108 Å². The third-order valence-corrected chi connectivity index (χ3v) is 6.46. The molecule has 11 nitrogen and oxygen atoms in total. The van der Waals surface area contributed by atoms with Gasteiger partial charge in [-0.15, -0.1) is 0 Å². The van der Waals surface area contributed by atoms with Crippen LogP contribution in [0.4, 0.5) is 11.5 Å². The number of methoxy groups -OCH3 is 1. The number of nitrogens with two attached hydrogens (primary N) is 1. The van der Waals surface area contributed by atoms with Gasteiger partial charge < -0.3 is 25.4 Å². The van der Waals surface area contributed by atoms with Gasteiger partial charge in [0.05, 0.1) is 18.0 Å². The molecule has 0 aliphatic heterocycles. The summed E-state index contributed by atoms with van der Waals surface area (Å²) >= 11 is 0. The van der Waals surface area contributed by atoms with Gasteiger partial charge in [0, 0.05) is 32.0 Å². The van der Waals surface area contributed by atoms with Crippen molar-refractivity contribution in [1.82, 2.24) is 24.0 Å². The molecular formula is C31H31N7O4. The summed E-state index contributed by atoms with van der Waals surface area (Å²) in [5.74, 6) is 1.19. The molecule has 0 saturated carbocycles. The molecule has 5 rings (SSSR count). The molecule has 5 aromatic rings. The standard InChI is InChI=1S/C31H31N7O4/c1-36(18-19-41-2)17-7-12-27(39)35-22-8-6-9-24(20-22)38-30-28(29(32)33-21-34-30)37(31(38)40)23-13-15-26(16-14-23)42-25-10-4-3-5-11-25/h3-16,20-21H,17-19H2,1-2H3,(H,35,39)(H2,32,33,34)/b12-7+. The molecule has 1 amide bonds. The Morgan fingerprint density at radius 2 is 1.74 bits per heavy atom. The zero-order valence-corrected chi connectivity index (χ0v) is 23.3. The normalized spacial score (nSPS) is 11.4. The largest absolute Gasteiger partial charge is 0.457 e. The van der Waals surface area contributed by atoms with Crippen LogP contribution in [0.3, 0.4) is 0 Å². The number of benzene rings is 3. The number of imidazole rings is 1. The highest BCUT2D eigenvalue weighted by Crippen LogP contribution is 2.26. The fourth-order valence-corrected chi connectivity index (χ4v) is 4.39. The summed E-state index contributed by atoms with van der Waals surface area (Å²) in [6.07, 6.45) is 4.57. The van der Waals surface area contributed by atoms with Crippen molar-refractivity contribution < 1.29 is 14.3 Å². The Morgan fingerprint density at radius 1 is 0.976 bits per heavy atom. The maximum Gasteiger partial charge on any atom is 0.339 e. The van der Waals surface area contributed by atoms with Gasteiger partial charge in [0.1, 0.15) is 23.3 Å². The van der Waals surface area contributed by atoms with Crippen molar-refractivity contribution >= 4 is 28.6 Å². The van der Waals surface area contributed by atoms with Crippen LogP contribution in [0.1, 0.15) is 0 Å². The molecule has 0 saturated heterocycles. The number of nitrogen functional groups attached to an aromatic ring is 1. The van der Waals surface area contributed by atoms with Crippen LogP contribution in [0.15, 0.2) is 102 Å². The van der Waals surface area contributed by atoms with Gasteiger partial charge in [-0.25, -0.2) is 19.3 Å². The number of carbonyl (C=O) groups excluding carboxylic acids is 1. The predicted molar refractivity (Wildman–Crippen MR) is 163 cm³/mol. The summed E-state index contributed by atoms with van der Waals surface area (Å²) in [7, 11) is 3.60. The van der Waals surface area contributed by atoms with Gasteiger partial charge >= 0.3 is 5.69 Å². The minimum Gasteiger partial charge on any atom is -0.457 e. The molecule has 0 spiro atoms. The second-order valence-electron chi connectivity index (χ2n) is 9.49. The van der Waals surface area contributed by atoms with Crippen LogP contribution >= 0.6 is 0 Å². The summed E-state index contributed by atoms with van der Waals surface area (Å²) in [6.45, 7) is 1.97. The summed E-state index contributed by atoms with van der Waals surface area (Å²) in [5.41, 5.74) is 8.16. The smallest absolute Gasteiger partial charge is 0.339 e. The number of amides is 1. The van der Waals surface area contributed by atoms with Crippen LogP contribution < -0.4 is 21.5 Å². The Balaban J connectivity index is 1.43. The van der Waals surface area contributed by atoms with Gasteiger partial charge in [-0.2, -0.15) is 0 Å². The van der Waals surface area contributed by atoms with Crippen molar-refractivity contribution in [2.75, 3.05) is 44.9 Å². The van der Waals surface area contributed by atoms with Crippen LogP contribution in [-0.2, 0) is 9.53 Å². The molecule has 0 bridgehead atoms. The van der Waals surface area contributed by atoms with Gasteiger partial charge in [0.2, 0.25) is 5.91 Å². The van der Waals surface area contributed by atoms with E-state index in [4.69, 9.17) is 15.2 Å². The Kier molecular flexibility index (Phi) is 8.71. The van der Waals surface area contributed by atoms with Crippen molar-refractivity contribution in [3.8, 4) is 22.9 Å². The Hall–Kier alpha value is -5.26. The highest BCUT2D eigenvalue weighted by Gasteiger charge is 2.20. The SMILES string of the molecule is COCCN(C)C/C=C/C(=O)Nc1cccc(-n2c(=O)n(-c3ccc(Oc4ccccc4)cc3)c3c(N)ncnc32)c1. The quantitative estimate of drug-likeness (QED) is 0.230. The van der Waals surface area contributed by atoms with Gasteiger partial charge in [-0.1, -0.05) is 30.3 Å². The Morgan fingerprint density at radius 3 is 2.50 bits per heavy atom. The van der Waals surface area contributed by atoms with E-state index in [1.807, 2.05) is 42.3 Å². The number of aromatic nitrogens is 4. The van der Waals surface area contributed by atoms with Crippen LogP contribution in [-0.4, -0.2) is 63.8 Å². The number of hydrogen-bond acceptors (Lipinski definition) is 8. The first-order valence-electron chi connectivity index (χ1n) is 13.3. The second kappa shape index (κ2) is 12.9. The number of likely N-dealkylation sites (N-methyl/N-ethyl adjacent to an activating group) is 1. The molecule has 0 aliphatic rings. The summed E-state index contributed by atoms with van der Waals surface area (Å²) in [4.78, 5) is 37.0. The topological polar surface area (TPSA) is 130 Å². The zero-order valence-electron chi connectivity index (χ0n) is 23.3. The summed E-state index contributed by atoms with van der Waals surface area (Å²) in [6, 6.07) is 23.5. The van der Waals surface area contributed by atoms with Gasteiger partial charge in [-0.05, 0) is 61.6 Å². The Labute approximate surface area is 242 Å². The van der Waals surface area contributed by atoms with Crippen molar-refractivity contribution in [2.45, 2.75) is 0 Å². The number of ether oxygens (including phenoxy) is 2. The maximum absolute atomic E-state index is 13.9. The highest BCUT2D eigenvalue weighted by molar-refractivity contribution is 5.99. The van der Waals surface area contributed by atoms with Crippen molar-refractivity contribution in [2.24, 2.45) is 0 Å². The van der Waals surface area contributed by atoms with Crippen LogP contribution in [0.25, 0.3) is 22.5 Å². The number of para-hydroxylation sites is 1. The zero-order chi connectivity index (χ0) is 29.5. The average molecular weight is 566 g/mol. The molecule has 0 radical (unpaired) electrons. The van der Waals surface area contributed by atoms with Crippen molar-refractivity contribution in [3.63, 3.8) is 0 Å². The molecule has 3 aromatic carbocycles. The number of fused-ring (bicyclic) bond motifs is 1. The number of hydrogen-bond donors (Lipinski definition) is 2. The summed E-state index contributed by atoms with van der Waals surface area (Å²) < 4.78 is 13.9. The summed E-state index contributed by atoms with van der Waals surface area (Å²) in [5, 5.41) is 2.85. The van der Waals surface area contributed by atoms with Gasteiger partial charge in [0.25, 0.3) is 0 Å². The molecule has 3 N–H and O–H groups in total. The van der Waals surface area contributed by atoms with Gasteiger partial charge in [0.15, 0.2) is 11.5 Å². The van der Waals surface area contributed by atoms with E-state index in [-0.39, 0.29) is 11.7 Å². The Bertz CT molecular complexity index is 1760. The third-order valence-electron chi connectivity index (χ3n) is 6.46. The molecule has 0 unspecified atom stereocenters. The molecule has 11 heteroatoms. The minimum atomic E-state index is -0.392. The molecule has 0 aliphatic carbocycles. The van der Waals surface area contributed by atoms with E-state index >= 15 is 0 Å². The second-order valence-corrected chi connectivity index (χ2v) is 9.49. The van der Waals surface area contributed by atoms with E-state index < -0.39 is 5.69 Å². The van der Waals surface area contributed by atoms with E-state index in [2.05, 4.69) is 15.3 Å². The lowest BCUT2D eigenvalue weighted by Crippen LogP contribution is -2.23. The number of carbonyl (C=O) groups is 1. The molecule has 2 heterocycles. The molecular weight excluding hydrogens is 534 g/mol. The number of rotatable bonds is 11. The first kappa shape index (κ1) is 28.3. The highest BCUT2D eigenvalue weighted by atomic mass is 16.5. The fraction of sp³-hybridized carbons (Fsp3) is 0.161. The van der Waals surface area contributed by atoms with E-state index in [1.54, 1.807) is 61.7 Å². The van der Waals surface area contributed by atoms with E-state index in [9.17, 15) is 9.59 Å². The lowest BCUT2D eigenvalue weighted by Gasteiger charge is -2.12. The molecule has 0 fully saturated rings. The lowest BCUT2D eigenvalue weighted by atomic mass is 10.2. The average Bonchev–Trinajstić information content (AvgIpc) is 3.30. The minimum absolute atomic E-state index is 0.158. The van der Waals surface area contributed by atoms with E-state index in [1.165, 1.54) is 21.5 Å². The van der Waals surface area contributed by atoms with Crippen LogP contribution in [0.5, 0.6) is 11.5 Å². The van der Waals surface area contributed by atoms with E-state index in [0.717, 1.165) is 6.54 Å². The van der Waals surface area contributed by atoms with Crippen molar-refractivity contribution in [1.29, 1.82) is 0 Å². The van der Waals surface area contributed by atoms with Crippen LogP contribution in [0, 0.1) is 0 Å². The number of nitrogens with one attached hydrogen (secondary N) is 1. The first-order valence-corrected chi connectivity index (χ1v) is 13.3.